The van der Waals surface area contributed by atoms with E-state index in [0.29, 0.717) is 17.3 Å². The Bertz CT molecular complexity index is 681. The molecule has 0 saturated heterocycles. The van der Waals surface area contributed by atoms with Crippen LogP contribution >= 0.6 is 0 Å². The van der Waals surface area contributed by atoms with Gasteiger partial charge >= 0.3 is 6.03 Å². The third-order valence-electron chi connectivity index (χ3n) is 3.59. The van der Waals surface area contributed by atoms with Gasteiger partial charge in [-0.1, -0.05) is 12.1 Å². The molecule has 2 N–H and O–H groups in total. The Morgan fingerprint density at radius 3 is 2.70 bits per heavy atom. The van der Waals surface area contributed by atoms with Crippen LogP contribution in [0.3, 0.4) is 0 Å². The number of urea groups is 1. The van der Waals surface area contributed by atoms with Crippen LogP contribution in [0.15, 0.2) is 24.5 Å². The second kappa shape index (κ2) is 7.13. The molecule has 2 aromatic rings. The zero-order valence-electron chi connectivity index (χ0n) is 14.1. The SMILES string of the molecule is COc1cccc(C)c1NC(=O)N[C@@H](C)c1nncn1C(C)C. The van der Waals surface area contributed by atoms with Crippen LogP contribution in [0.4, 0.5) is 10.5 Å². The summed E-state index contributed by atoms with van der Waals surface area (Å²) in [6.07, 6.45) is 1.67. The molecule has 7 heteroatoms. The zero-order chi connectivity index (χ0) is 17.0. The summed E-state index contributed by atoms with van der Waals surface area (Å²) in [4.78, 5) is 12.3. The first-order valence-electron chi connectivity index (χ1n) is 7.54. The van der Waals surface area contributed by atoms with Gasteiger partial charge in [0.15, 0.2) is 5.82 Å². The van der Waals surface area contributed by atoms with Gasteiger partial charge in [0.05, 0.1) is 18.8 Å². The summed E-state index contributed by atoms with van der Waals surface area (Å²) in [6, 6.07) is 5.24. The number of amides is 2. The topological polar surface area (TPSA) is 81.1 Å². The van der Waals surface area contributed by atoms with Gasteiger partial charge in [-0.3, -0.25) is 0 Å². The molecule has 124 valence electrons. The highest BCUT2D eigenvalue weighted by molar-refractivity contribution is 5.92. The predicted molar refractivity (Wildman–Crippen MR) is 88.7 cm³/mol. The average molecular weight is 317 g/mol. The van der Waals surface area contributed by atoms with Crippen LogP contribution in [0.2, 0.25) is 0 Å². The lowest BCUT2D eigenvalue weighted by Crippen LogP contribution is -2.33. The van der Waals surface area contributed by atoms with Gasteiger partial charge in [-0.05, 0) is 39.3 Å². The molecular formula is C16H23N5O2. The number of ether oxygens (including phenoxy) is 1. The van der Waals surface area contributed by atoms with Crippen molar-refractivity contribution < 1.29 is 9.53 Å². The van der Waals surface area contributed by atoms with Crippen molar-refractivity contribution in [3.63, 3.8) is 0 Å². The van der Waals surface area contributed by atoms with Crippen molar-refractivity contribution in [2.75, 3.05) is 12.4 Å². The molecule has 1 heterocycles. The Kier molecular flexibility index (Phi) is 5.20. The number of nitrogens with one attached hydrogen (secondary N) is 2. The highest BCUT2D eigenvalue weighted by Crippen LogP contribution is 2.27. The number of anilines is 1. The lowest BCUT2D eigenvalue weighted by atomic mass is 10.2. The van der Waals surface area contributed by atoms with E-state index in [2.05, 4.69) is 20.8 Å². The third-order valence-corrected chi connectivity index (χ3v) is 3.59. The van der Waals surface area contributed by atoms with Crippen molar-refractivity contribution in [2.24, 2.45) is 0 Å². The minimum absolute atomic E-state index is 0.226. The molecule has 1 atom stereocenters. The van der Waals surface area contributed by atoms with Crippen LogP contribution in [0.25, 0.3) is 0 Å². The number of methoxy groups -OCH3 is 1. The van der Waals surface area contributed by atoms with E-state index in [-0.39, 0.29) is 18.1 Å². The standard InChI is InChI=1S/C16H23N5O2/c1-10(2)21-9-17-20-15(21)12(4)18-16(22)19-14-11(3)7-6-8-13(14)23-5/h6-10,12H,1-5H3,(H2,18,19,22)/t12-/m0/s1. The molecule has 2 amide bonds. The summed E-state index contributed by atoms with van der Waals surface area (Å²) >= 11 is 0. The summed E-state index contributed by atoms with van der Waals surface area (Å²) in [7, 11) is 1.57. The quantitative estimate of drug-likeness (QED) is 0.888. The number of aryl methyl sites for hydroxylation is 1. The van der Waals surface area contributed by atoms with E-state index in [1.54, 1.807) is 19.5 Å². The summed E-state index contributed by atoms with van der Waals surface area (Å²) in [6.45, 7) is 7.87. The van der Waals surface area contributed by atoms with Crippen LogP contribution < -0.4 is 15.4 Å². The molecule has 0 saturated carbocycles. The molecule has 7 nitrogen and oxygen atoms in total. The van der Waals surface area contributed by atoms with E-state index in [1.807, 2.05) is 44.4 Å². The lowest BCUT2D eigenvalue weighted by Gasteiger charge is -2.18. The van der Waals surface area contributed by atoms with E-state index < -0.39 is 0 Å². The molecule has 0 spiro atoms. The average Bonchev–Trinajstić information content (AvgIpc) is 2.99. The minimum atomic E-state index is -0.316. The molecule has 2 rings (SSSR count). The number of para-hydroxylation sites is 1. The molecule has 0 aliphatic carbocycles. The molecule has 0 aliphatic rings. The molecular weight excluding hydrogens is 294 g/mol. The molecule has 0 fully saturated rings. The van der Waals surface area contributed by atoms with E-state index in [0.717, 1.165) is 5.56 Å². The molecule has 1 aromatic heterocycles. The van der Waals surface area contributed by atoms with Gasteiger partial charge in [0.25, 0.3) is 0 Å². The highest BCUT2D eigenvalue weighted by atomic mass is 16.5. The monoisotopic (exact) mass is 317 g/mol. The van der Waals surface area contributed by atoms with Crippen LogP contribution in [-0.4, -0.2) is 27.9 Å². The van der Waals surface area contributed by atoms with Gasteiger partial charge in [-0.2, -0.15) is 0 Å². The Labute approximate surface area is 136 Å². The van der Waals surface area contributed by atoms with Gasteiger partial charge in [-0.25, -0.2) is 4.79 Å². The van der Waals surface area contributed by atoms with Crippen molar-refractivity contribution in [3.05, 3.63) is 35.9 Å². The fourth-order valence-electron chi connectivity index (χ4n) is 2.34. The van der Waals surface area contributed by atoms with Gasteiger partial charge in [0.2, 0.25) is 0 Å². The smallest absolute Gasteiger partial charge is 0.319 e. The van der Waals surface area contributed by atoms with Gasteiger partial charge < -0.3 is 19.9 Å². The van der Waals surface area contributed by atoms with Crippen LogP contribution in [-0.2, 0) is 0 Å². The fraction of sp³-hybridized carbons (Fsp3) is 0.438. The summed E-state index contributed by atoms with van der Waals surface area (Å²) in [5, 5.41) is 13.7. The number of benzene rings is 1. The molecule has 23 heavy (non-hydrogen) atoms. The number of nitrogens with zero attached hydrogens (tertiary/aromatic N) is 3. The second-order valence-corrected chi connectivity index (χ2v) is 5.66. The van der Waals surface area contributed by atoms with Crippen molar-refractivity contribution in [2.45, 2.75) is 39.8 Å². The predicted octanol–water partition coefficient (Wildman–Crippen LogP) is 3.06. The number of rotatable bonds is 5. The Hall–Kier alpha value is -2.57. The fourth-order valence-corrected chi connectivity index (χ4v) is 2.34. The van der Waals surface area contributed by atoms with E-state index in [4.69, 9.17) is 4.74 Å². The number of hydrogen-bond donors (Lipinski definition) is 2. The summed E-state index contributed by atoms with van der Waals surface area (Å²) in [5.74, 6) is 1.34. The first-order chi connectivity index (χ1) is 10.9. The van der Waals surface area contributed by atoms with Gasteiger partial charge in [0.1, 0.15) is 12.1 Å². The summed E-state index contributed by atoms with van der Waals surface area (Å²) < 4.78 is 7.22. The molecule has 1 aromatic carbocycles. The lowest BCUT2D eigenvalue weighted by molar-refractivity contribution is 0.248. The maximum absolute atomic E-state index is 12.3. The third kappa shape index (κ3) is 3.80. The van der Waals surface area contributed by atoms with Crippen molar-refractivity contribution in [1.82, 2.24) is 20.1 Å². The number of hydrogen-bond acceptors (Lipinski definition) is 4. The number of carbonyl (C=O) groups is 1. The first kappa shape index (κ1) is 16.8. The van der Waals surface area contributed by atoms with Crippen molar-refractivity contribution >= 4 is 11.7 Å². The maximum Gasteiger partial charge on any atom is 0.319 e. The first-order valence-corrected chi connectivity index (χ1v) is 7.54. The van der Waals surface area contributed by atoms with Crippen LogP contribution in [0.5, 0.6) is 5.75 Å². The highest BCUT2D eigenvalue weighted by Gasteiger charge is 2.18. The Morgan fingerprint density at radius 1 is 1.30 bits per heavy atom. The molecule has 0 radical (unpaired) electrons. The molecule has 0 unspecified atom stereocenters. The Morgan fingerprint density at radius 2 is 2.04 bits per heavy atom. The second-order valence-electron chi connectivity index (χ2n) is 5.66. The van der Waals surface area contributed by atoms with E-state index in [9.17, 15) is 4.79 Å². The van der Waals surface area contributed by atoms with Crippen LogP contribution in [0.1, 0.15) is 44.2 Å². The largest absolute Gasteiger partial charge is 0.495 e. The maximum atomic E-state index is 12.3. The molecule has 0 bridgehead atoms. The minimum Gasteiger partial charge on any atom is -0.495 e. The van der Waals surface area contributed by atoms with Crippen LogP contribution in [0, 0.1) is 6.92 Å². The number of aromatic nitrogens is 3. The molecule has 0 aliphatic heterocycles. The van der Waals surface area contributed by atoms with E-state index in [1.165, 1.54) is 0 Å². The van der Waals surface area contributed by atoms with Crippen molar-refractivity contribution in [1.29, 1.82) is 0 Å². The van der Waals surface area contributed by atoms with Gasteiger partial charge in [0, 0.05) is 6.04 Å². The Balaban J connectivity index is 2.09. The van der Waals surface area contributed by atoms with E-state index >= 15 is 0 Å². The zero-order valence-corrected chi connectivity index (χ0v) is 14.1. The normalized spacial score (nSPS) is 12.1. The van der Waals surface area contributed by atoms with Gasteiger partial charge in [-0.15, -0.1) is 10.2 Å². The number of carbonyl (C=O) groups excluding carboxylic acids is 1. The van der Waals surface area contributed by atoms with Crippen molar-refractivity contribution in [3.8, 4) is 5.75 Å². The summed E-state index contributed by atoms with van der Waals surface area (Å²) in [5.41, 5.74) is 1.59.